The van der Waals surface area contributed by atoms with Crippen LogP contribution in [-0.4, -0.2) is 9.55 Å². The average molecular weight is 459 g/mol. The van der Waals surface area contributed by atoms with Gasteiger partial charge in [-0.05, 0) is 51.7 Å². The molecule has 0 fully saturated rings. The molecule has 5 aromatic carbocycles. The van der Waals surface area contributed by atoms with Gasteiger partial charge in [-0.3, -0.25) is 4.57 Å². The summed E-state index contributed by atoms with van der Waals surface area (Å²) in [7, 11) is 0. The molecule has 0 N–H and O–H groups in total. The minimum absolute atomic E-state index is 0.899. The van der Waals surface area contributed by atoms with Gasteiger partial charge in [0.2, 0.25) is 0 Å². The highest BCUT2D eigenvalue weighted by molar-refractivity contribution is 6.35. The number of benzene rings is 5. The van der Waals surface area contributed by atoms with Crippen molar-refractivity contribution in [3.63, 3.8) is 0 Å². The summed E-state index contributed by atoms with van der Waals surface area (Å²) in [6, 6.07) is 36.7. The minimum Gasteiger partial charge on any atom is -0.456 e. The predicted molar refractivity (Wildman–Crippen MR) is 148 cm³/mol. The Kier molecular flexibility index (Phi) is 3.28. The van der Waals surface area contributed by atoms with Gasteiger partial charge in [0.1, 0.15) is 17.0 Å². The number of rotatable bonds is 1. The molecule has 8 aromatic rings. The molecule has 0 radical (unpaired) electrons. The minimum atomic E-state index is 0.899. The van der Waals surface area contributed by atoms with Crippen LogP contribution in [0.3, 0.4) is 0 Å². The van der Waals surface area contributed by atoms with E-state index in [9.17, 15) is 0 Å². The summed E-state index contributed by atoms with van der Waals surface area (Å²) in [5.74, 6) is 0.907. The molecule has 0 saturated carbocycles. The third-order valence-corrected chi connectivity index (χ3v) is 7.77. The van der Waals surface area contributed by atoms with Gasteiger partial charge in [0.15, 0.2) is 0 Å². The van der Waals surface area contributed by atoms with Crippen molar-refractivity contribution in [2.24, 2.45) is 0 Å². The summed E-state index contributed by atoms with van der Waals surface area (Å²) in [5, 5.41) is 7.42. The van der Waals surface area contributed by atoms with Gasteiger partial charge in [0.05, 0.1) is 11.0 Å². The van der Waals surface area contributed by atoms with Gasteiger partial charge in [-0.25, -0.2) is 4.98 Å². The van der Waals surface area contributed by atoms with Crippen molar-refractivity contribution >= 4 is 54.5 Å². The summed E-state index contributed by atoms with van der Waals surface area (Å²) in [6.07, 6.45) is 1.86. The first kappa shape index (κ1) is 18.4. The fourth-order valence-corrected chi connectivity index (χ4v) is 6.40. The largest absolute Gasteiger partial charge is 0.456 e. The highest BCUT2D eigenvalue weighted by atomic mass is 16.3. The molecule has 1 aliphatic rings. The van der Waals surface area contributed by atoms with E-state index in [1.54, 1.807) is 0 Å². The van der Waals surface area contributed by atoms with Gasteiger partial charge >= 0.3 is 0 Å². The summed E-state index contributed by atoms with van der Waals surface area (Å²) < 4.78 is 8.79. The third-order valence-electron chi connectivity index (χ3n) is 7.77. The molecule has 3 aromatic heterocycles. The maximum atomic E-state index is 6.49. The molecular weight excluding hydrogens is 440 g/mol. The Bertz CT molecular complexity index is 2200. The highest BCUT2D eigenvalue weighted by Crippen LogP contribution is 2.53. The first-order chi connectivity index (χ1) is 17.9. The van der Waals surface area contributed by atoms with Crippen LogP contribution < -0.4 is 0 Å². The normalized spacial score (nSPS) is 12.4. The maximum absolute atomic E-state index is 6.49. The molecule has 0 saturated heterocycles. The number of hydrogen-bond donors (Lipinski definition) is 0. The second kappa shape index (κ2) is 6.41. The van der Waals surface area contributed by atoms with E-state index in [0.29, 0.717) is 0 Å². The second-order valence-electron chi connectivity index (χ2n) is 9.55. The lowest BCUT2D eigenvalue weighted by molar-refractivity contribution is 0.669. The van der Waals surface area contributed by atoms with E-state index < -0.39 is 0 Å². The fourth-order valence-electron chi connectivity index (χ4n) is 6.40. The third kappa shape index (κ3) is 2.12. The van der Waals surface area contributed by atoms with Crippen LogP contribution in [0.15, 0.2) is 114 Å². The number of aromatic nitrogens is 2. The molecule has 166 valence electrons. The van der Waals surface area contributed by atoms with Crippen molar-refractivity contribution in [2.75, 3.05) is 0 Å². The van der Waals surface area contributed by atoms with Crippen LogP contribution in [0.1, 0.15) is 0 Å². The lowest BCUT2D eigenvalue weighted by atomic mass is 9.91. The van der Waals surface area contributed by atoms with Gasteiger partial charge < -0.3 is 4.42 Å². The SMILES string of the molecule is c1ccc(-n2c3cc4oc5ccccc5c4c4c3c3c5c(cccc5ccc32)-c2ccccc2-4)nc1. The standard InChI is InChI=1S/C33H18N2O/c1-2-10-22-20(9-1)21-12-7-8-19-15-16-24-32(29(19)21)33-25(35(24)28-14-5-6-17-34-28)18-27-30(31(22)33)23-11-3-4-13-26(23)36-27/h1-18H. The monoisotopic (exact) mass is 458 g/mol. The fraction of sp³-hybridized carbons (Fsp3) is 0. The summed E-state index contributed by atoms with van der Waals surface area (Å²) in [5.41, 5.74) is 9.10. The molecule has 0 bridgehead atoms. The molecule has 1 aliphatic carbocycles. The van der Waals surface area contributed by atoms with E-state index in [1.165, 1.54) is 49.2 Å². The van der Waals surface area contributed by atoms with Gasteiger partial charge in [0, 0.05) is 39.4 Å². The van der Waals surface area contributed by atoms with Gasteiger partial charge in [0.25, 0.3) is 0 Å². The molecule has 3 nitrogen and oxygen atoms in total. The van der Waals surface area contributed by atoms with E-state index in [4.69, 9.17) is 9.40 Å². The molecule has 3 heterocycles. The van der Waals surface area contributed by atoms with Crippen molar-refractivity contribution in [2.45, 2.75) is 0 Å². The molecule has 0 amide bonds. The average Bonchev–Trinajstić information content (AvgIpc) is 3.43. The Morgan fingerprint density at radius 1 is 0.556 bits per heavy atom. The molecule has 0 spiro atoms. The van der Waals surface area contributed by atoms with Crippen LogP contribution in [0.25, 0.3) is 82.6 Å². The summed E-state index contributed by atoms with van der Waals surface area (Å²) >= 11 is 0. The lowest BCUT2D eigenvalue weighted by Gasteiger charge is -2.14. The van der Waals surface area contributed by atoms with Crippen molar-refractivity contribution in [1.29, 1.82) is 0 Å². The Balaban J connectivity index is 1.68. The van der Waals surface area contributed by atoms with E-state index >= 15 is 0 Å². The van der Waals surface area contributed by atoms with Crippen molar-refractivity contribution in [3.8, 4) is 28.1 Å². The predicted octanol–water partition coefficient (Wildman–Crippen LogP) is 8.88. The highest BCUT2D eigenvalue weighted by Gasteiger charge is 2.28. The van der Waals surface area contributed by atoms with E-state index in [1.807, 2.05) is 24.4 Å². The topological polar surface area (TPSA) is 31.0 Å². The van der Waals surface area contributed by atoms with Crippen LogP contribution in [0.2, 0.25) is 0 Å². The van der Waals surface area contributed by atoms with Crippen molar-refractivity contribution in [1.82, 2.24) is 9.55 Å². The molecule has 3 heteroatoms. The summed E-state index contributed by atoms with van der Waals surface area (Å²) in [6.45, 7) is 0. The van der Waals surface area contributed by atoms with Crippen LogP contribution in [0.4, 0.5) is 0 Å². The van der Waals surface area contributed by atoms with Crippen LogP contribution >= 0.6 is 0 Å². The Morgan fingerprint density at radius 2 is 1.39 bits per heavy atom. The zero-order chi connectivity index (χ0) is 23.4. The van der Waals surface area contributed by atoms with Gasteiger partial charge in [-0.1, -0.05) is 72.8 Å². The van der Waals surface area contributed by atoms with E-state index in [-0.39, 0.29) is 0 Å². The Morgan fingerprint density at radius 3 is 2.31 bits per heavy atom. The molecule has 0 aliphatic heterocycles. The number of pyridine rings is 1. The zero-order valence-electron chi connectivity index (χ0n) is 19.2. The number of fused-ring (bicyclic) bond motifs is 7. The van der Waals surface area contributed by atoms with E-state index in [2.05, 4.69) is 89.5 Å². The molecule has 0 unspecified atom stereocenters. The van der Waals surface area contributed by atoms with Crippen LogP contribution in [0, 0.1) is 0 Å². The summed E-state index contributed by atoms with van der Waals surface area (Å²) in [4.78, 5) is 4.77. The van der Waals surface area contributed by atoms with Gasteiger partial charge in [-0.2, -0.15) is 0 Å². The van der Waals surface area contributed by atoms with Gasteiger partial charge in [-0.15, -0.1) is 0 Å². The number of hydrogen-bond acceptors (Lipinski definition) is 2. The molecule has 36 heavy (non-hydrogen) atoms. The molecule has 0 atom stereocenters. The zero-order valence-corrected chi connectivity index (χ0v) is 19.2. The first-order valence-electron chi connectivity index (χ1n) is 12.2. The second-order valence-corrected chi connectivity index (χ2v) is 9.55. The lowest BCUT2D eigenvalue weighted by Crippen LogP contribution is -1.97. The van der Waals surface area contributed by atoms with Crippen molar-refractivity contribution in [3.05, 3.63) is 109 Å². The molecule has 9 rings (SSSR count). The Hall–Kier alpha value is -4.89. The number of nitrogens with zero attached hydrogens (tertiary/aromatic N) is 2. The molecular formula is C33H18N2O. The number of furan rings is 1. The quantitative estimate of drug-likeness (QED) is 0.246. The number of para-hydroxylation sites is 1. The first-order valence-corrected chi connectivity index (χ1v) is 12.2. The van der Waals surface area contributed by atoms with E-state index in [0.717, 1.165) is 33.4 Å². The smallest absolute Gasteiger partial charge is 0.138 e. The van der Waals surface area contributed by atoms with Crippen LogP contribution in [0.5, 0.6) is 0 Å². The van der Waals surface area contributed by atoms with Crippen molar-refractivity contribution < 1.29 is 4.42 Å². The maximum Gasteiger partial charge on any atom is 0.138 e. The van der Waals surface area contributed by atoms with Crippen LogP contribution in [-0.2, 0) is 0 Å². The Labute approximate surface area is 205 Å².